The van der Waals surface area contributed by atoms with Gasteiger partial charge in [0.05, 0.1) is 19.8 Å². The lowest BCUT2D eigenvalue weighted by Gasteiger charge is -2.31. The Morgan fingerprint density at radius 1 is 1.13 bits per heavy atom. The average Bonchev–Trinajstić information content (AvgIpc) is 3.39. The van der Waals surface area contributed by atoms with Gasteiger partial charge in [-0.3, -0.25) is 9.69 Å². The van der Waals surface area contributed by atoms with Crippen LogP contribution < -0.4 is 9.47 Å². The zero-order chi connectivity index (χ0) is 20.7. The minimum absolute atomic E-state index is 0.135. The lowest BCUT2D eigenvalue weighted by molar-refractivity contribution is -0.136. The fourth-order valence-electron chi connectivity index (χ4n) is 5.19. The van der Waals surface area contributed by atoms with Crippen LogP contribution in [0.2, 0.25) is 0 Å². The number of carbonyl (C=O) groups excluding carboxylic acids is 1. The summed E-state index contributed by atoms with van der Waals surface area (Å²) in [6.45, 7) is 5.66. The first kappa shape index (κ1) is 19.4. The average molecular weight is 408 g/mol. The van der Waals surface area contributed by atoms with Crippen LogP contribution >= 0.6 is 0 Å². The highest BCUT2D eigenvalue weighted by molar-refractivity contribution is 5.81. The number of hydrogen-bond acceptors (Lipinski definition) is 5. The first-order valence-electron chi connectivity index (χ1n) is 10.6. The molecule has 0 unspecified atom stereocenters. The van der Waals surface area contributed by atoms with Crippen LogP contribution in [0.4, 0.5) is 0 Å². The van der Waals surface area contributed by atoms with Crippen LogP contribution in [0, 0.1) is 6.92 Å². The Labute approximate surface area is 177 Å². The topological polar surface area (TPSA) is 51.2 Å². The monoisotopic (exact) mass is 408 g/mol. The zero-order valence-corrected chi connectivity index (χ0v) is 17.6. The molecule has 3 saturated heterocycles. The summed E-state index contributed by atoms with van der Waals surface area (Å²) < 4.78 is 17.7. The maximum atomic E-state index is 12.4. The van der Waals surface area contributed by atoms with E-state index in [2.05, 4.69) is 36.1 Å². The van der Waals surface area contributed by atoms with Crippen molar-refractivity contribution in [3.8, 4) is 11.5 Å². The highest BCUT2D eigenvalue weighted by Crippen LogP contribution is 2.46. The Kier molecular flexibility index (Phi) is 4.91. The molecule has 0 bridgehead atoms. The van der Waals surface area contributed by atoms with E-state index < -0.39 is 5.72 Å². The molecular formula is C24H28N2O4. The predicted molar refractivity (Wildman–Crippen MR) is 112 cm³/mol. The van der Waals surface area contributed by atoms with Crippen LogP contribution in [0.25, 0.3) is 0 Å². The van der Waals surface area contributed by atoms with Crippen molar-refractivity contribution in [3.05, 3.63) is 59.2 Å². The standard InChI is InChI=1S/C24H28N2O4/c1-17-4-3-5-19(12-17)16-29-20-7-6-18(13-21(20)28-2)15-25-9-8-24-22(25)14-23(27)26(24)10-11-30-24/h3-7,12-13,22H,8-11,14-16H2,1-2H3/t22-,24+/m1/s1. The van der Waals surface area contributed by atoms with Gasteiger partial charge in [0.2, 0.25) is 5.91 Å². The van der Waals surface area contributed by atoms with E-state index in [-0.39, 0.29) is 11.9 Å². The van der Waals surface area contributed by atoms with Crippen molar-refractivity contribution in [1.29, 1.82) is 0 Å². The molecule has 2 atom stereocenters. The third kappa shape index (κ3) is 3.24. The Balaban J connectivity index is 1.29. The lowest BCUT2D eigenvalue weighted by Crippen LogP contribution is -2.47. The van der Waals surface area contributed by atoms with Gasteiger partial charge in [0.25, 0.3) is 0 Å². The summed E-state index contributed by atoms with van der Waals surface area (Å²) in [4.78, 5) is 16.7. The molecule has 0 saturated carbocycles. The van der Waals surface area contributed by atoms with Crippen molar-refractivity contribution in [2.45, 2.75) is 44.7 Å². The lowest BCUT2D eigenvalue weighted by atomic mass is 10.1. The van der Waals surface area contributed by atoms with Gasteiger partial charge in [-0.05, 0) is 30.2 Å². The smallest absolute Gasteiger partial charge is 0.226 e. The van der Waals surface area contributed by atoms with Gasteiger partial charge in [-0.15, -0.1) is 0 Å². The number of rotatable bonds is 6. The second-order valence-corrected chi connectivity index (χ2v) is 8.44. The number of ether oxygens (including phenoxy) is 3. The Morgan fingerprint density at radius 2 is 2.03 bits per heavy atom. The molecule has 1 amide bonds. The van der Waals surface area contributed by atoms with E-state index in [0.717, 1.165) is 48.7 Å². The van der Waals surface area contributed by atoms with Gasteiger partial charge in [-0.25, -0.2) is 0 Å². The van der Waals surface area contributed by atoms with E-state index in [9.17, 15) is 4.79 Å². The largest absolute Gasteiger partial charge is 0.493 e. The van der Waals surface area contributed by atoms with Crippen LogP contribution in [0.3, 0.4) is 0 Å². The van der Waals surface area contributed by atoms with E-state index in [0.29, 0.717) is 19.6 Å². The van der Waals surface area contributed by atoms with Crippen LogP contribution in [0.5, 0.6) is 11.5 Å². The first-order chi connectivity index (χ1) is 14.6. The Morgan fingerprint density at radius 3 is 2.87 bits per heavy atom. The first-order valence-corrected chi connectivity index (χ1v) is 10.6. The van der Waals surface area contributed by atoms with Gasteiger partial charge in [0.1, 0.15) is 6.61 Å². The number of aryl methyl sites for hydroxylation is 1. The summed E-state index contributed by atoms with van der Waals surface area (Å²) in [5, 5.41) is 0. The van der Waals surface area contributed by atoms with Gasteiger partial charge >= 0.3 is 0 Å². The summed E-state index contributed by atoms with van der Waals surface area (Å²) in [5.74, 6) is 1.69. The van der Waals surface area contributed by atoms with E-state index in [4.69, 9.17) is 14.2 Å². The van der Waals surface area contributed by atoms with Crippen LogP contribution in [0.15, 0.2) is 42.5 Å². The third-order valence-electron chi connectivity index (χ3n) is 6.60. The summed E-state index contributed by atoms with van der Waals surface area (Å²) in [6.07, 6.45) is 1.44. The maximum Gasteiger partial charge on any atom is 0.226 e. The quantitative estimate of drug-likeness (QED) is 0.735. The number of likely N-dealkylation sites (tertiary alicyclic amines) is 1. The molecule has 6 heteroatoms. The molecule has 3 heterocycles. The van der Waals surface area contributed by atoms with Gasteiger partial charge in [0.15, 0.2) is 17.2 Å². The minimum atomic E-state index is -0.391. The molecule has 0 aromatic heterocycles. The maximum absolute atomic E-state index is 12.4. The molecule has 2 aromatic rings. The van der Waals surface area contributed by atoms with Crippen molar-refractivity contribution in [2.75, 3.05) is 26.8 Å². The van der Waals surface area contributed by atoms with Crippen molar-refractivity contribution in [3.63, 3.8) is 0 Å². The number of methoxy groups -OCH3 is 1. The molecule has 158 valence electrons. The number of benzene rings is 2. The fraction of sp³-hybridized carbons (Fsp3) is 0.458. The Bertz CT molecular complexity index is 962. The van der Waals surface area contributed by atoms with Crippen LogP contribution in [-0.4, -0.2) is 54.3 Å². The summed E-state index contributed by atoms with van der Waals surface area (Å²) in [5.41, 5.74) is 3.11. The van der Waals surface area contributed by atoms with Gasteiger partial charge in [0, 0.05) is 32.5 Å². The van der Waals surface area contributed by atoms with Gasteiger partial charge in [-0.2, -0.15) is 0 Å². The van der Waals surface area contributed by atoms with Gasteiger partial charge < -0.3 is 19.1 Å². The molecule has 0 aliphatic carbocycles. The highest BCUT2D eigenvalue weighted by Gasteiger charge is 2.61. The van der Waals surface area contributed by atoms with E-state index >= 15 is 0 Å². The normalized spacial score (nSPS) is 25.5. The molecule has 5 rings (SSSR count). The molecule has 0 radical (unpaired) electrons. The molecule has 0 N–H and O–H groups in total. The van der Waals surface area contributed by atoms with E-state index in [1.54, 1.807) is 7.11 Å². The van der Waals surface area contributed by atoms with Crippen LogP contribution in [0.1, 0.15) is 29.5 Å². The SMILES string of the molecule is COc1cc(CN2CC[C@@]34OCCN3C(=O)C[C@@H]24)ccc1OCc1cccc(C)c1. The molecule has 3 aliphatic heterocycles. The van der Waals surface area contributed by atoms with E-state index in [1.165, 1.54) is 5.56 Å². The summed E-state index contributed by atoms with van der Waals surface area (Å²) in [7, 11) is 1.67. The molecule has 3 fully saturated rings. The molecule has 6 nitrogen and oxygen atoms in total. The van der Waals surface area contributed by atoms with Crippen molar-refractivity contribution < 1.29 is 19.0 Å². The van der Waals surface area contributed by atoms with Crippen LogP contribution in [-0.2, 0) is 22.7 Å². The molecule has 30 heavy (non-hydrogen) atoms. The number of carbonyl (C=O) groups is 1. The molecule has 1 spiro atoms. The third-order valence-corrected chi connectivity index (χ3v) is 6.60. The highest BCUT2D eigenvalue weighted by atomic mass is 16.5. The second-order valence-electron chi connectivity index (χ2n) is 8.44. The number of nitrogens with zero attached hydrogens (tertiary/aromatic N) is 2. The zero-order valence-electron chi connectivity index (χ0n) is 17.6. The van der Waals surface area contributed by atoms with E-state index in [1.807, 2.05) is 23.1 Å². The minimum Gasteiger partial charge on any atom is -0.493 e. The number of amides is 1. The predicted octanol–water partition coefficient (Wildman–Crippen LogP) is 3.12. The summed E-state index contributed by atoms with van der Waals surface area (Å²) in [6, 6.07) is 14.6. The Hall–Kier alpha value is -2.57. The van der Waals surface area contributed by atoms with Crippen molar-refractivity contribution in [1.82, 2.24) is 9.80 Å². The van der Waals surface area contributed by atoms with Crippen molar-refractivity contribution in [2.24, 2.45) is 0 Å². The fourth-order valence-corrected chi connectivity index (χ4v) is 5.19. The second kappa shape index (κ2) is 7.60. The molecule has 2 aromatic carbocycles. The summed E-state index contributed by atoms with van der Waals surface area (Å²) >= 11 is 0. The van der Waals surface area contributed by atoms with Gasteiger partial charge in [-0.1, -0.05) is 35.9 Å². The molecular weight excluding hydrogens is 380 g/mol. The van der Waals surface area contributed by atoms with Crippen molar-refractivity contribution >= 4 is 5.91 Å². The molecule has 3 aliphatic rings. The number of hydrogen-bond donors (Lipinski definition) is 0.